The van der Waals surface area contributed by atoms with Gasteiger partial charge in [-0.3, -0.25) is 4.79 Å². The number of carbonyl (C=O) groups is 1. The van der Waals surface area contributed by atoms with Crippen molar-refractivity contribution in [2.45, 2.75) is 27.7 Å². The highest BCUT2D eigenvalue weighted by Gasteiger charge is 2.09. The maximum atomic E-state index is 10.9. The Balaban J connectivity index is 0.000000399. The topological polar surface area (TPSA) is 55.6 Å². The average molecular weight is 266 g/mol. The zero-order chi connectivity index (χ0) is 14.8. The number of nitrogens with two attached hydrogens (primary N) is 1. The summed E-state index contributed by atoms with van der Waals surface area (Å²) in [5.41, 5.74) is 6.48. The number of ether oxygens (including phenoxy) is 1. The van der Waals surface area contributed by atoms with Crippen LogP contribution >= 0.6 is 0 Å². The molecule has 0 unspecified atom stereocenters. The lowest BCUT2D eigenvalue weighted by Gasteiger charge is -2.13. The standard InChI is InChI=1S/C9H11NO2.C6H15N/c1-6-4-3-5-7(9(10)11)8(6)12-2;1-4-7(5-2)6-3/h3-5H,1-2H3,(H2,10,11);4-6H2,1-3H3. The number of para-hydroxylation sites is 1. The minimum Gasteiger partial charge on any atom is -0.496 e. The molecule has 1 rings (SSSR count). The summed E-state index contributed by atoms with van der Waals surface area (Å²) in [6.45, 7) is 12.0. The van der Waals surface area contributed by atoms with Crippen LogP contribution in [0.15, 0.2) is 18.2 Å². The first-order valence-electron chi connectivity index (χ1n) is 6.67. The molecule has 1 amide bonds. The van der Waals surface area contributed by atoms with Gasteiger partial charge in [0.15, 0.2) is 0 Å². The van der Waals surface area contributed by atoms with Crippen LogP contribution < -0.4 is 10.5 Å². The van der Waals surface area contributed by atoms with Gasteiger partial charge in [-0.25, -0.2) is 0 Å². The first-order chi connectivity index (χ1) is 9.01. The van der Waals surface area contributed by atoms with Crippen LogP contribution in [0.1, 0.15) is 36.7 Å². The molecule has 0 saturated carbocycles. The van der Waals surface area contributed by atoms with Crippen LogP contribution in [0.2, 0.25) is 0 Å². The van der Waals surface area contributed by atoms with Crippen molar-refractivity contribution in [3.63, 3.8) is 0 Å². The summed E-state index contributed by atoms with van der Waals surface area (Å²) in [4.78, 5) is 13.3. The molecule has 4 heteroatoms. The zero-order valence-electron chi connectivity index (χ0n) is 12.7. The zero-order valence-corrected chi connectivity index (χ0v) is 12.7. The third kappa shape index (κ3) is 5.75. The second-order valence-electron chi connectivity index (χ2n) is 4.14. The molecule has 0 aliphatic heterocycles. The number of amides is 1. The fourth-order valence-electron chi connectivity index (χ4n) is 1.79. The predicted molar refractivity (Wildman–Crippen MR) is 79.7 cm³/mol. The van der Waals surface area contributed by atoms with Crippen LogP contribution in [0.5, 0.6) is 5.75 Å². The van der Waals surface area contributed by atoms with Gasteiger partial charge in [-0.2, -0.15) is 0 Å². The van der Waals surface area contributed by atoms with Crippen molar-refractivity contribution in [2.75, 3.05) is 26.7 Å². The van der Waals surface area contributed by atoms with Crippen molar-refractivity contribution < 1.29 is 9.53 Å². The molecule has 0 aromatic heterocycles. The maximum absolute atomic E-state index is 10.9. The van der Waals surface area contributed by atoms with Gasteiger partial charge in [-0.1, -0.05) is 32.9 Å². The smallest absolute Gasteiger partial charge is 0.252 e. The normalized spacial score (nSPS) is 9.79. The lowest BCUT2D eigenvalue weighted by atomic mass is 10.1. The van der Waals surface area contributed by atoms with E-state index in [1.807, 2.05) is 13.0 Å². The molecule has 2 N–H and O–H groups in total. The number of primary amides is 1. The van der Waals surface area contributed by atoms with Crippen LogP contribution in [0.25, 0.3) is 0 Å². The number of carbonyl (C=O) groups excluding carboxylic acids is 1. The summed E-state index contributed by atoms with van der Waals surface area (Å²) in [6.07, 6.45) is 0. The first-order valence-corrected chi connectivity index (χ1v) is 6.67. The third-order valence-electron chi connectivity index (χ3n) is 3.02. The number of aryl methyl sites for hydroxylation is 1. The minimum absolute atomic E-state index is 0.428. The third-order valence-corrected chi connectivity index (χ3v) is 3.02. The van der Waals surface area contributed by atoms with Crippen molar-refractivity contribution in [1.29, 1.82) is 0 Å². The highest BCUT2D eigenvalue weighted by Crippen LogP contribution is 2.21. The molecular weight excluding hydrogens is 240 g/mol. The summed E-state index contributed by atoms with van der Waals surface area (Å²) in [5, 5.41) is 0. The average Bonchev–Trinajstić information content (AvgIpc) is 2.41. The molecule has 0 radical (unpaired) electrons. The van der Waals surface area contributed by atoms with Gasteiger partial charge in [0.25, 0.3) is 5.91 Å². The van der Waals surface area contributed by atoms with Gasteiger partial charge in [0, 0.05) is 0 Å². The number of methoxy groups -OCH3 is 1. The number of benzene rings is 1. The Morgan fingerprint density at radius 3 is 2.00 bits per heavy atom. The Hall–Kier alpha value is -1.55. The molecule has 4 nitrogen and oxygen atoms in total. The molecule has 1 aromatic carbocycles. The molecule has 0 saturated heterocycles. The number of hydrogen-bond acceptors (Lipinski definition) is 3. The van der Waals surface area contributed by atoms with Gasteiger partial charge in [0.05, 0.1) is 12.7 Å². The second-order valence-corrected chi connectivity index (χ2v) is 4.14. The Morgan fingerprint density at radius 1 is 1.21 bits per heavy atom. The van der Waals surface area contributed by atoms with Crippen LogP contribution in [0.3, 0.4) is 0 Å². The van der Waals surface area contributed by atoms with Gasteiger partial charge in [0.2, 0.25) is 0 Å². The quantitative estimate of drug-likeness (QED) is 0.890. The molecule has 0 fully saturated rings. The molecular formula is C15H26N2O2. The Bertz CT molecular complexity index is 382. The lowest BCUT2D eigenvalue weighted by molar-refractivity contribution is 0.0997. The predicted octanol–water partition coefficient (Wildman–Crippen LogP) is 2.45. The number of rotatable bonds is 5. The lowest BCUT2D eigenvalue weighted by Crippen LogP contribution is -2.21. The van der Waals surface area contributed by atoms with Crippen molar-refractivity contribution in [3.05, 3.63) is 29.3 Å². The SMILES string of the molecule is CCN(CC)CC.COc1c(C)cccc1C(N)=O. The van der Waals surface area contributed by atoms with Crippen LogP contribution in [-0.4, -0.2) is 37.6 Å². The van der Waals surface area contributed by atoms with E-state index < -0.39 is 5.91 Å². The molecule has 0 atom stereocenters. The molecule has 0 aliphatic rings. The van der Waals surface area contributed by atoms with Crippen LogP contribution in [-0.2, 0) is 0 Å². The van der Waals surface area contributed by atoms with E-state index in [1.54, 1.807) is 12.1 Å². The van der Waals surface area contributed by atoms with E-state index in [9.17, 15) is 4.79 Å². The molecule has 108 valence electrons. The van der Waals surface area contributed by atoms with Crippen molar-refractivity contribution in [3.8, 4) is 5.75 Å². The fourth-order valence-corrected chi connectivity index (χ4v) is 1.79. The van der Waals surface area contributed by atoms with E-state index in [1.165, 1.54) is 26.7 Å². The molecule has 19 heavy (non-hydrogen) atoms. The second kappa shape index (κ2) is 9.39. The van der Waals surface area contributed by atoms with Gasteiger partial charge in [-0.15, -0.1) is 0 Å². The molecule has 0 bridgehead atoms. The van der Waals surface area contributed by atoms with Gasteiger partial charge >= 0.3 is 0 Å². The van der Waals surface area contributed by atoms with E-state index in [0.717, 1.165) is 5.56 Å². The Labute approximate surface area is 116 Å². The summed E-state index contributed by atoms with van der Waals surface area (Å²) in [7, 11) is 1.52. The van der Waals surface area contributed by atoms with E-state index in [4.69, 9.17) is 10.5 Å². The highest BCUT2D eigenvalue weighted by atomic mass is 16.5. The van der Waals surface area contributed by atoms with Gasteiger partial charge in [0.1, 0.15) is 5.75 Å². The monoisotopic (exact) mass is 266 g/mol. The summed E-state index contributed by atoms with van der Waals surface area (Å²) in [6, 6.07) is 5.29. The highest BCUT2D eigenvalue weighted by molar-refractivity contribution is 5.96. The molecule has 0 heterocycles. The van der Waals surface area contributed by atoms with Crippen LogP contribution in [0, 0.1) is 6.92 Å². The van der Waals surface area contributed by atoms with E-state index in [0.29, 0.717) is 11.3 Å². The van der Waals surface area contributed by atoms with E-state index in [-0.39, 0.29) is 0 Å². The number of nitrogens with zero attached hydrogens (tertiary/aromatic N) is 1. The van der Waals surface area contributed by atoms with Crippen molar-refractivity contribution >= 4 is 5.91 Å². The summed E-state index contributed by atoms with van der Waals surface area (Å²) < 4.78 is 5.04. The first kappa shape index (κ1) is 17.4. The fraction of sp³-hybridized carbons (Fsp3) is 0.533. The summed E-state index contributed by atoms with van der Waals surface area (Å²) >= 11 is 0. The van der Waals surface area contributed by atoms with Crippen molar-refractivity contribution in [2.24, 2.45) is 5.73 Å². The van der Waals surface area contributed by atoms with E-state index in [2.05, 4.69) is 25.7 Å². The largest absolute Gasteiger partial charge is 0.496 e. The maximum Gasteiger partial charge on any atom is 0.252 e. The van der Waals surface area contributed by atoms with Gasteiger partial charge < -0.3 is 15.4 Å². The number of hydrogen-bond donors (Lipinski definition) is 1. The van der Waals surface area contributed by atoms with Crippen molar-refractivity contribution in [1.82, 2.24) is 4.90 Å². The molecule has 1 aromatic rings. The van der Waals surface area contributed by atoms with Gasteiger partial charge in [-0.05, 0) is 38.2 Å². The van der Waals surface area contributed by atoms with Crippen LogP contribution in [0.4, 0.5) is 0 Å². The van der Waals surface area contributed by atoms with E-state index >= 15 is 0 Å². The Kier molecular flexibility index (Phi) is 8.62. The minimum atomic E-state index is -0.462. The molecule has 0 aliphatic carbocycles. The summed E-state index contributed by atoms with van der Waals surface area (Å²) in [5.74, 6) is 0.0977. The Morgan fingerprint density at radius 2 is 1.74 bits per heavy atom. The molecule has 0 spiro atoms.